The fourth-order valence-electron chi connectivity index (χ4n) is 1.53. The lowest BCUT2D eigenvalue weighted by molar-refractivity contribution is 0.467. The van der Waals surface area contributed by atoms with Gasteiger partial charge in [0.15, 0.2) is 4.90 Å². The van der Waals surface area contributed by atoms with Gasteiger partial charge in [-0.3, -0.25) is 0 Å². The van der Waals surface area contributed by atoms with Gasteiger partial charge in [-0.1, -0.05) is 40.3 Å². The average molecular weight is 310 g/mol. The van der Waals surface area contributed by atoms with E-state index in [4.69, 9.17) is 16.3 Å². The Morgan fingerprint density at radius 2 is 1.75 bits per heavy atom. The number of sulfonamides is 1. The normalized spacial score (nSPS) is 10.7. The molecule has 0 amide bonds. The Morgan fingerprint density at radius 3 is 2.40 bits per heavy atom. The Hall–Kier alpha value is -2.14. The van der Waals surface area contributed by atoms with Crippen LogP contribution < -0.4 is 4.74 Å². The smallest absolute Gasteiger partial charge is 0.297 e. The molecule has 5 nitrogen and oxygen atoms in total. The molecule has 0 saturated carbocycles. The number of hydrogen-bond donors (Lipinski definition) is 0. The first kappa shape index (κ1) is 14.3. The maximum Gasteiger partial charge on any atom is 0.297 e. The van der Waals surface area contributed by atoms with Gasteiger partial charge in [-0.2, -0.15) is 8.42 Å². The van der Waals surface area contributed by atoms with Crippen molar-refractivity contribution in [2.24, 2.45) is 4.40 Å². The maximum atomic E-state index is 11.9. The summed E-state index contributed by atoms with van der Waals surface area (Å²) in [5.41, 5.74) is 0. The highest BCUT2D eigenvalue weighted by Gasteiger charge is 2.23. The summed E-state index contributed by atoms with van der Waals surface area (Å²) in [6, 6.07) is 12.9. The van der Waals surface area contributed by atoms with Crippen LogP contribution in [0.2, 0.25) is 5.02 Å². The molecule has 2 aromatic rings. The Kier molecular flexibility index (Phi) is 4.20. The van der Waals surface area contributed by atoms with Crippen LogP contribution in [0.4, 0.5) is 0 Å². The molecule has 0 unspecified atom stereocenters. The molecule has 0 aliphatic rings. The van der Waals surface area contributed by atoms with Gasteiger partial charge in [0.25, 0.3) is 16.1 Å². The third-order valence-electron chi connectivity index (χ3n) is 2.32. The van der Waals surface area contributed by atoms with Crippen LogP contribution in [0.3, 0.4) is 0 Å². The molecular formula is C13H8ClNO4S. The second kappa shape index (κ2) is 5.88. The molecule has 0 aliphatic heterocycles. The minimum absolute atomic E-state index is 0.0114. The van der Waals surface area contributed by atoms with Gasteiger partial charge in [0.1, 0.15) is 11.5 Å². The minimum Gasteiger partial charge on any atom is -0.456 e. The van der Waals surface area contributed by atoms with E-state index in [9.17, 15) is 13.2 Å². The number of benzene rings is 2. The second-order valence-corrected chi connectivity index (χ2v) is 5.59. The highest BCUT2D eigenvalue weighted by Crippen LogP contribution is 2.35. The molecule has 0 aromatic heterocycles. The third kappa shape index (κ3) is 3.05. The number of para-hydroxylation sites is 1. The number of nitrogens with zero attached hydrogens (tertiary/aromatic N) is 1. The van der Waals surface area contributed by atoms with Crippen molar-refractivity contribution in [2.45, 2.75) is 4.90 Å². The lowest BCUT2D eigenvalue weighted by Crippen LogP contribution is -2.01. The van der Waals surface area contributed by atoms with E-state index in [0.717, 1.165) is 6.08 Å². The molecule has 0 heterocycles. The van der Waals surface area contributed by atoms with Gasteiger partial charge >= 0.3 is 0 Å². The van der Waals surface area contributed by atoms with Gasteiger partial charge in [-0.25, -0.2) is 4.79 Å². The summed E-state index contributed by atoms with van der Waals surface area (Å²) >= 11 is 5.87. The molecule has 2 rings (SSSR count). The van der Waals surface area contributed by atoms with Crippen LogP contribution >= 0.6 is 11.6 Å². The summed E-state index contributed by atoms with van der Waals surface area (Å²) in [6.45, 7) is 0. The second-order valence-electron chi connectivity index (χ2n) is 3.64. The Bertz CT molecular complexity index is 768. The largest absolute Gasteiger partial charge is 0.456 e. The SMILES string of the molecule is O=C=NS(=O)(=O)c1c(Cl)cccc1Oc1ccccc1. The molecule has 7 heteroatoms. The molecule has 0 saturated heterocycles. The first-order valence-electron chi connectivity index (χ1n) is 5.40. The van der Waals surface area contributed by atoms with Gasteiger partial charge in [0.05, 0.1) is 5.02 Å². The predicted molar refractivity (Wildman–Crippen MR) is 73.3 cm³/mol. The Morgan fingerprint density at radius 1 is 1.05 bits per heavy atom. The minimum atomic E-state index is -4.25. The van der Waals surface area contributed by atoms with Crippen LogP contribution in [-0.4, -0.2) is 14.5 Å². The van der Waals surface area contributed by atoms with E-state index < -0.39 is 10.0 Å². The van der Waals surface area contributed by atoms with Crippen molar-refractivity contribution in [1.82, 2.24) is 0 Å². The quantitative estimate of drug-likeness (QED) is 0.642. The summed E-state index contributed by atoms with van der Waals surface area (Å²) in [4.78, 5) is 9.85. The highest BCUT2D eigenvalue weighted by molar-refractivity contribution is 7.90. The molecule has 0 N–H and O–H groups in total. The standard InChI is InChI=1S/C13H8ClNO4S/c14-11-7-4-8-12(13(11)20(17,18)15-9-16)19-10-5-2-1-3-6-10/h1-8H. The number of halogens is 1. The van der Waals surface area contributed by atoms with E-state index in [0.29, 0.717) is 5.75 Å². The molecule has 0 fully saturated rings. The number of rotatable bonds is 4. The van der Waals surface area contributed by atoms with Crippen molar-refractivity contribution in [3.8, 4) is 11.5 Å². The van der Waals surface area contributed by atoms with Crippen LogP contribution in [0.25, 0.3) is 0 Å². The van der Waals surface area contributed by atoms with Crippen LogP contribution in [0, 0.1) is 0 Å². The van der Waals surface area contributed by atoms with Crippen molar-refractivity contribution in [2.75, 3.05) is 0 Å². The summed E-state index contributed by atoms with van der Waals surface area (Å²) < 4.78 is 32.0. The van der Waals surface area contributed by atoms with Gasteiger partial charge in [0, 0.05) is 0 Å². The molecule has 0 aliphatic carbocycles. The predicted octanol–water partition coefficient (Wildman–Crippen LogP) is 3.16. The van der Waals surface area contributed by atoms with E-state index >= 15 is 0 Å². The lowest BCUT2D eigenvalue weighted by atomic mass is 10.3. The van der Waals surface area contributed by atoms with Gasteiger partial charge in [0.2, 0.25) is 0 Å². The van der Waals surface area contributed by atoms with Crippen molar-refractivity contribution in [1.29, 1.82) is 0 Å². The zero-order valence-electron chi connectivity index (χ0n) is 9.99. The zero-order valence-corrected chi connectivity index (χ0v) is 11.6. The van der Waals surface area contributed by atoms with E-state index in [2.05, 4.69) is 4.40 Å². The van der Waals surface area contributed by atoms with E-state index in [-0.39, 0.29) is 15.7 Å². The van der Waals surface area contributed by atoms with Crippen LogP contribution in [0.1, 0.15) is 0 Å². The molecule has 102 valence electrons. The summed E-state index contributed by atoms with van der Waals surface area (Å²) in [7, 11) is -4.25. The first-order valence-corrected chi connectivity index (χ1v) is 7.22. The van der Waals surface area contributed by atoms with Gasteiger partial charge in [-0.15, -0.1) is 0 Å². The molecule has 20 heavy (non-hydrogen) atoms. The molecule has 2 aromatic carbocycles. The molecular weight excluding hydrogens is 302 g/mol. The average Bonchev–Trinajstić information content (AvgIpc) is 2.39. The van der Waals surface area contributed by atoms with Crippen LogP contribution in [0.5, 0.6) is 11.5 Å². The van der Waals surface area contributed by atoms with Crippen molar-refractivity contribution in [3.63, 3.8) is 0 Å². The Labute approximate surface area is 120 Å². The lowest BCUT2D eigenvalue weighted by Gasteiger charge is -2.10. The number of ether oxygens (including phenoxy) is 1. The molecule has 0 bridgehead atoms. The molecule has 0 atom stereocenters. The monoisotopic (exact) mass is 309 g/mol. The maximum absolute atomic E-state index is 11.9. The van der Waals surface area contributed by atoms with Crippen molar-refractivity contribution < 1.29 is 17.9 Å². The zero-order chi connectivity index (χ0) is 14.6. The fourth-order valence-corrected chi connectivity index (χ4v) is 2.86. The highest BCUT2D eigenvalue weighted by atomic mass is 35.5. The summed E-state index contributed by atoms with van der Waals surface area (Å²) in [5, 5.41) is -0.0857. The van der Waals surface area contributed by atoms with Crippen molar-refractivity contribution in [3.05, 3.63) is 53.6 Å². The van der Waals surface area contributed by atoms with Crippen molar-refractivity contribution >= 4 is 27.7 Å². The van der Waals surface area contributed by atoms with E-state index in [1.807, 2.05) is 0 Å². The molecule has 0 spiro atoms. The van der Waals surface area contributed by atoms with E-state index in [1.54, 1.807) is 30.3 Å². The summed E-state index contributed by atoms with van der Waals surface area (Å²) in [6.07, 6.45) is 0.998. The van der Waals surface area contributed by atoms with Crippen LogP contribution in [0.15, 0.2) is 57.8 Å². The summed E-state index contributed by atoms with van der Waals surface area (Å²) in [5.74, 6) is 0.420. The van der Waals surface area contributed by atoms with E-state index in [1.165, 1.54) is 18.2 Å². The fraction of sp³-hybridized carbons (Fsp3) is 0. The van der Waals surface area contributed by atoms with Gasteiger partial charge < -0.3 is 4.74 Å². The number of isocyanates is 1. The topological polar surface area (TPSA) is 72.8 Å². The first-order chi connectivity index (χ1) is 9.54. The molecule has 0 radical (unpaired) electrons. The van der Waals surface area contributed by atoms with Crippen LogP contribution in [-0.2, 0) is 14.8 Å². The Balaban J connectivity index is 2.55. The third-order valence-corrected chi connectivity index (χ3v) is 4.00. The number of carbonyl (C=O) groups excluding carboxylic acids is 1. The van der Waals surface area contributed by atoms with Gasteiger partial charge in [-0.05, 0) is 24.3 Å². The number of hydrogen-bond acceptors (Lipinski definition) is 4.